The van der Waals surface area contributed by atoms with E-state index in [0.717, 1.165) is 5.56 Å². The van der Waals surface area contributed by atoms with Gasteiger partial charge in [-0.25, -0.2) is 4.21 Å². The Balaban J connectivity index is 2.65. The molecule has 0 N–H and O–H groups in total. The second kappa shape index (κ2) is 4.15. The van der Waals surface area contributed by atoms with Crippen molar-refractivity contribution < 1.29 is 4.21 Å². The quantitative estimate of drug-likeness (QED) is 0.697. The fourth-order valence-electron chi connectivity index (χ4n) is 0.615. The van der Waals surface area contributed by atoms with Gasteiger partial charge in [0.25, 0.3) is 0 Å². The highest BCUT2D eigenvalue weighted by Gasteiger charge is 2.17. The highest BCUT2D eigenvalue weighted by Crippen LogP contribution is 2.12. The molecule has 1 unspecified atom stereocenters. The van der Waals surface area contributed by atoms with Crippen LogP contribution in [-0.4, -0.2) is 15.2 Å². The van der Waals surface area contributed by atoms with E-state index in [-0.39, 0.29) is 4.75 Å². The average Bonchev–Trinajstić information content (AvgIpc) is 2.50. The lowest BCUT2D eigenvalue weighted by Crippen LogP contribution is -2.19. The maximum absolute atomic E-state index is 11.5. The molecule has 2 nitrogen and oxygen atoms in total. The summed E-state index contributed by atoms with van der Waals surface area (Å²) in [5.41, 5.74) is 1.02. The van der Waals surface area contributed by atoms with E-state index in [4.69, 9.17) is 0 Å². The Hall–Kier alpha value is -0.480. The zero-order chi connectivity index (χ0) is 9.90. The van der Waals surface area contributed by atoms with Gasteiger partial charge < -0.3 is 0 Å². The Kier molecular flexibility index (Phi) is 3.39. The molecule has 72 valence electrons. The average molecular weight is 215 g/mol. The number of rotatable bonds is 2. The molecule has 0 aliphatic rings. The molecule has 0 radical (unpaired) electrons. The van der Waals surface area contributed by atoms with Crippen LogP contribution in [0, 0.1) is 0 Å². The van der Waals surface area contributed by atoms with Crippen molar-refractivity contribution in [2.45, 2.75) is 25.5 Å². The van der Waals surface area contributed by atoms with Crippen molar-refractivity contribution in [3.8, 4) is 0 Å². The maximum Gasteiger partial charge on any atom is 0.144 e. The summed E-state index contributed by atoms with van der Waals surface area (Å²) >= 11 is 1.61. The molecule has 0 amide bonds. The van der Waals surface area contributed by atoms with Gasteiger partial charge >= 0.3 is 0 Å². The normalized spacial score (nSPS) is 15.0. The molecule has 1 aromatic heterocycles. The largest absolute Gasteiger partial charge is 0.234 e. The topological polar surface area (TPSA) is 29.4 Å². The first-order valence-electron chi connectivity index (χ1n) is 3.98. The van der Waals surface area contributed by atoms with Gasteiger partial charge in [0.15, 0.2) is 0 Å². The van der Waals surface area contributed by atoms with Gasteiger partial charge in [-0.3, -0.25) is 0 Å². The molecule has 1 rings (SSSR count). The standard InChI is InChI=1S/C9H13NOS2/c1-9(2,3)13(11)10-6-8-4-5-12-7-8/h4-7H,1-3H3. The highest BCUT2D eigenvalue weighted by atomic mass is 32.2. The monoisotopic (exact) mass is 215 g/mol. The minimum absolute atomic E-state index is 0.271. The van der Waals surface area contributed by atoms with Crippen molar-refractivity contribution in [3.63, 3.8) is 0 Å². The third-order valence-electron chi connectivity index (χ3n) is 1.36. The van der Waals surface area contributed by atoms with Crippen molar-refractivity contribution in [1.29, 1.82) is 0 Å². The Bertz CT molecular complexity index is 309. The summed E-state index contributed by atoms with van der Waals surface area (Å²) in [5.74, 6) is 0. The lowest BCUT2D eigenvalue weighted by molar-refractivity contribution is 0.651. The molecular formula is C9H13NOS2. The number of nitrogens with zero attached hydrogens (tertiary/aromatic N) is 1. The van der Waals surface area contributed by atoms with Crippen LogP contribution in [0.4, 0.5) is 0 Å². The van der Waals surface area contributed by atoms with Crippen LogP contribution in [0.1, 0.15) is 26.3 Å². The van der Waals surface area contributed by atoms with Gasteiger partial charge in [0.05, 0.1) is 4.75 Å². The first-order valence-corrected chi connectivity index (χ1v) is 6.03. The predicted octanol–water partition coefficient (Wildman–Crippen LogP) is 2.63. The van der Waals surface area contributed by atoms with Gasteiger partial charge in [0, 0.05) is 11.8 Å². The predicted molar refractivity (Wildman–Crippen MR) is 59.8 cm³/mol. The van der Waals surface area contributed by atoms with E-state index in [2.05, 4.69) is 4.40 Å². The molecule has 1 aromatic rings. The van der Waals surface area contributed by atoms with Crippen molar-refractivity contribution in [3.05, 3.63) is 22.4 Å². The Morgan fingerprint density at radius 3 is 2.69 bits per heavy atom. The van der Waals surface area contributed by atoms with Crippen molar-refractivity contribution >= 4 is 28.5 Å². The van der Waals surface area contributed by atoms with Gasteiger partial charge in [-0.05, 0) is 37.6 Å². The summed E-state index contributed by atoms with van der Waals surface area (Å²) < 4.78 is 15.2. The van der Waals surface area contributed by atoms with Crippen LogP contribution in [-0.2, 0) is 11.0 Å². The lowest BCUT2D eigenvalue weighted by Gasteiger charge is -2.12. The lowest BCUT2D eigenvalue weighted by atomic mass is 10.3. The SMILES string of the molecule is CC(C)(C)S(=O)N=Cc1ccsc1. The van der Waals surface area contributed by atoms with Crippen LogP contribution in [0.15, 0.2) is 21.2 Å². The van der Waals surface area contributed by atoms with Gasteiger partial charge in [0.2, 0.25) is 0 Å². The molecule has 0 aliphatic carbocycles. The van der Waals surface area contributed by atoms with Gasteiger partial charge in [0.1, 0.15) is 11.0 Å². The fourth-order valence-corrected chi connectivity index (χ4v) is 1.76. The van der Waals surface area contributed by atoms with E-state index in [1.165, 1.54) is 0 Å². The molecule has 1 heterocycles. The van der Waals surface area contributed by atoms with Crippen LogP contribution < -0.4 is 0 Å². The highest BCUT2D eigenvalue weighted by molar-refractivity contribution is 7.85. The third kappa shape index (κ3) is 3.40. The van der Waals surface area contributed by atoms with E-state index in [9.17, 15) is 4.21 Å². The molecular weight excluding hydrogens is 202 g/mol. The molecule has 0 aromatic carbocycles. The number of hydrogen-bond donors (Lipinski definition) is 0. The summed E-state index contributed by atoms with van der Waals surface area (Å²) in [5, 5.41) is 3.95. The van der Waals surface area contributed by atoms with E-state index >= 15 is 0 Å². The van der Waals surface area contributed by atoms with Gasteiger partial charge in [-0.15, -0.1) is 0 Å². The van der Waals surface area contributed by atoms with Crippen LogP contribution in [0.3, 0.4) is 0 Å². The Labute approximate surface area is 85.3 Å². The first kappa shape index (κ1) is 10.6. The molecule has 0 bridgehead atoms. The van der Waals surface area contributed by atoms with E-state index in [1.807, 2.05) is 37.6 Å². The summed E-state index contributed by atoms with van der Waals surface area (Å²) in [6.45, 7) is 5.73. The molecule has 0 aliphatic heterocycles. The maximum atomic E-state index is 11.5. The van der Waals surface area contributed by atoms with E-state index < -0.39 is 11.0 Å². The summed E-state index contributed by atoms with van der Waals surface area (Å²) in [6, 6.07) is 1.95. The molecule has 13 heavy (non-hydrogen) atoms. The van der Waals surface area contributed by atoms with E-state index in [1.54, 1.807) is 17.6 Å². The first-order chi connectivity index (χ1) is 6.00. The Morgan fingerprint density at radius 1 is 1.54 bits per heavy atom. The fraction of sp³-hybridized carbons (Fsp3) is 0.444. The van der Waals surface area contributed by atoms with E-state index in [0.29, 0.717) is 0 Å². The molecule has 0 saturated carbocycles. The summed E-state index contributed by atoms with van der Waals surface area (Å²) in [4.78, 5) is 0. The molecule has 1 atom stereocenters. The van der Waals surface area contributed by atoms with Crippen LogP contribution >= 0.6 is 11.3 Å². The molecule has 0 fully saturated rings. The minimum atomic E-state index is -1.15. The zero-order valence-electron chi connectivity index (χ0n) is 7.98. The molecule has 0 saturated heterocycles. The molecule has 0 spiro atoms. The van der Waals surface area contributed by atoms with Crippen molar-refractivity contribution in [2.75, 3.05) is 0 Å². The smallest absolute Gasteiger partial charge is 0.144 e. The summed E-state index contributed by atoms with van der Waals surface area (Å²) in [7, 11) is -1.15. The Morgan fingerprint density at radius 2 is 2.23 bits per heavy atom. The van der Waals surface area contributed by atoms with Crippen LogP contribution in [0.5, 0.6) is 0 Å². The zero-order valence-corrected chi connectivity index (χ0v) is 9.61. The van der Waals surface area contributed by atoms with Gasteiger partial charge in [-0.2, -0.15) is 15.7 Å². The van der Waals surface area contributed by atoms with Crippen molar-refractivity contribution in [1.82, 2.24) is 0 Å². The van der Waals surface area contributed by atoms with Gasteiger partial charge in [-0.1, -0.05) is 0 Å². The molecule has 4 heteroatoms. The third-order valence-corrected chi connectivity index (χ3v) is 3.41. The second-order valence-electron chi connectivity index (χ2n) is 3.65. The second-order valence-corrected chi connectivity index (χ2v) is 6.37. The van der Waals surface area contributed by atoms with Crippen LogP contribution in [0.2, 0.25) is 0 Å². The van der Waals surface area contributed by atoms with Crippen molar-refractivity contribution in [2.24, 2.45) is 4.40 Å². The van der Waals surface area contributed by atoms with Crippen LogP contribution in [0.25, 0.3) is 0 Å². The summed E-state index contributed by atoms with van der Waals surface area (Å²) in [6.07, 6.45) is 1.66. The number of thiophene rings is 1. The minimum Gasteiger partial charge on any atom is -0.234 e. The number of hydrogen-bond acceptors (Lipinski definition) is 2.